The Morgan fingerprint density at radius 2 is 1.90 bits per heavy atom. The largest absolute Gasteiger partial charge is 0.508 e. The van der Waals surface area contributed by atoms with E-state index in [1.807, 2.05) is 21.6 Å². The van der Waals surface area contributed by atoms with Gasteiger partial charge in [-0.1, -0.05) is 33.7 Å². The maximum Gasteiger partial charge on any atom is 0.335 e. The summed E-state index contributed by atoms with van der Waals surface area (Å²) in [5.41, 5.74) is 3.03. The lowest BCUT2D eigenvalue weighted by atomic mass is 9.92. The third-order valence-electron chi connectivity index (χ3n) is 7.05. The van der Waals surface area contributed by atoms with Gasteiger partial charge in [0.05, 0.1) is 12.2 Å². The molecule has 2 aliphatic heterocycles. The minimum atomic E-state index is -1.03. The van der Waals surface area contributed by atoms with Gasteiger partial charge in [-0.05, 0) is 67.1 Å². The Morgan fingerprint density at radius 3 is 2.66 bits per heavy atom. The van der Waals surface area contributed by atoms with Crippen LogP contribution in [0, 0.1) is 0 Å². The number of amides is 1. The highest BCUT2D eigenvalue weighted by molar-refractivity contribution is 8.77. The molecule has 0 aromatic heterocycles. The number of aromatic carboxylic acids is 1. The average molecular weight is 594 g/mol. The zero-order valence-corrected chi connectivity index (χ0v) is 24.0. The highest BCUT2D eigenvalue weighted by Crippen LogP contribution is 2.42. The first-order valence-electron chi connectivity index (χ1n) is 13.6. The Kier molecular flexibility index (Phi) is 9.53. The van der Waals surface area contributed by atoms with E-state index < -0.39 is 5.97 Å². The second kappa shape index (κ2) is 13.5. The molecule has 1 amide bonds. The summed E-state index contributed by atoms with van der Waals surface area (Å²) in [5, 5.41) is 24.3. The van der Waals surface area contributed by atoms with Crippen molar-refractivity contribution in [2.24, 2.45) is 0 Å². The number of hydrogen-bond donors (Lipinski definition) is 3. The summed E-state index contributed by atoms with van der Waals surface area (Å²) in [6.07, 6.45) is 3.95. The molecule has 2 heterocycles. The molecule has 1 fully saturated rings. The molecule has 5 rings (SSSR count). The van der Waals surface area contributed by atoms with E-state index in [1.165, 1.54) is 42.5 Å². The topological polar surface area (TPSA) is 126 Å². The predicted molar refractivity (Wildman–Crippen MR) is 163 cm³/mol. The molecule has 41 heavy (non-hydrogen) atoms. The molecule has 214 valence electrons. The maximum absolute atomic E-state index is 12.5. The molecule has 10 heteroatoms. The predicted octanol–water partition coefficient (Wildman–Crippen LogP) is 5.97. The van der Waals surface area contributed by atoms with Crippen molar-refractivity contribution in [3.05, 3.63) is 75.9 Å². The molecule has 2 aromatic rings. The second-order valence-electron chi connectivity index (χ2n) is 9.93. The van der Waals surface area contributed by atoms with Crippen LogP contribution in [0.5, 0.6) is 5.75 Å². The molecule has 0 radical (unpaired) electrons. The van der Waals surface area contributed by atoms with E-state index in [0.29, 0.717) is 54.0 Å². The Balaban J connectivity index is 1.27. The van der Waals surface area contributed by atoms with Crippen LogP contribution in [0.1, 0.15) is 41.6 Å². The SMILES string of the molecule is O=C(CCc1cc2c(-c3ccc(C(=O)O)cc3)c3ccc(=O)cc-3oc2cc1O)NCCOCCCC1CCSS1. The third-order valence-corrected chi connectivity index (χ3v) is 10.1. The number of fused-ring (bicyclic) bond motifs is 2. The first-order chi connectivity index (χ1) is 19.9. The average Bonchev–Trinajstić information content (AvgIpc) is 3.48. The molecule has 2 aromatic carbocycles. The zero-order chi connectivity index (χ0) is 28.8. The Hall–Kier alpha value is -3.47. The quantitative estimate of drug-likeness (QED) is 0.103. The summed E-state index contributed by atoms with van der Waals surface area (Å²) < 4.78 is 11.6. The Morgan fingerprint density at radius 1 is 1.07 bits per heavy atom. The number of nitrogens with one attached hydrogen (secondary N) is 1. The number of phenols is 1. The van der Waals surface area contributed by atoms with Gasteiger partial charge in [-0.25, -0.2) is 4.79 Å². The van der Waals surface area contributed by atoms with Gasteiger partial charge in [0.2, 0.25) is 5.91 Å². The fourth-order valence-electron chi connectivity index (χ4n) is 4.92. The highest BCUT2D eigenvalue weighted by atomic mass is 33.1. The van der Waals surface area contributed by atoms with Crippen molar-refractivity contribution >= 4 is 44.4 Å². The molecular formula is C31H31NO7S2. The van der Waals surface area contributed by atoms with Crippen LogP contribution in [0.4, 0.5) is 0 Å². The number of hydrogen-bond acceptors (Lipinski definition) is 8. The Bertz CT molecular complexity index is 1560. The molecule has 0 bridgehead atoms. The first kappa shape index (κ1) is 29.0. The second-order valence-corrected chi connectivity index (χ2v) is 12.7. The summed E-state index contributed by atoms with van der Waals surface area (Å²) in [4.78, 5) is 35.9. The van der Waals surface area contributed by atoms with Crippen LogP contribution >= 0.6 is 21.6 Å². The summed E-state index contributed by atoms with van der Waals surface area (Å²) >= 11 is 0. The lowest BCUT2D eigenvalue weighted by Crippen LogP contribution is -2.27. The van der Waals surface area contributed by atoms with Gasteiger partial charge in [0.1, 0.15) is 17.1 Å². The molecule has 1 unspecified atom stereocenters. The van der Waals surface area contributed by atoms with E-state index in [2.05, 4.69) is 5.32 Å². The standard InChI is InChI=1S/C31H31NO7S2/c33-22-8-9-24-27(17-22)39-28-18-26(34)21(16-25(28)30(24)19-3-5-20(6-4-19)31(36)37)7-10-29(35)32-12-14-38-13-1-2-23-11-15-40-41-23/h3-6,8-9,16-18,23,34H,1-2,7,10-15H2,(H,32,35)(H,36,37). The van der Waals surface area contributed by atoms with E-state index in [1.54, 1.807) is 24.3 Å². The minimum Gasteiger partial charge on any atom is -0.508 e. The lowest BCUT2D eigenvalue weighted by Gasteiger charge is -2.17. The summed E-state index contributed by atoms with van der Waals surface area (Å²) in [7, 11) is 3.91. The molecule has 0 saturated carbocycles. The fraction of sp³-hybridized carbons (Fsp3) is 0.323. The van der Waals surface area contributed by atoms with E-state index in [-0.39, 0.29) is 29.1 Å². The molecule has 1 atom stereocenters. The van der Waals surface area contributed by atoms with Gasteiger partial charge in [0, 0.05) is 59.2 Å². The minimum absolute atomic E-state index is 0.0130. The van der Waals surface area contributed by atoms with Crippen LogP contribution in [0.3, 0.4) is 0 Å². The van der Waals surface area contributed by atoms with Crippen LogP contribution in [-0.2, 0) is 16.0 Å². The van der Waals surface area contributed by atoms with E-state index in [9.17, 15) is 24.6 Å². The van der Waals surface area contributed by atoms with Crippen molar-refractivity contribution in [3.8, 4) is 28.2 Å². The molecule has 1 saturated heterocycles. The molecule has 8 nitrogen and oxygen atoms in total. The van der Waals surface area contributed by atoms with Crippen molar-refractivity contribution in [2.45, 2.75) is 37.4 Å². The normalized spacial score (nSPS) is 15.0. The van der Waals surface area contributed by atoms with Gasteiger partial charge in [-0.15, -0.1) is 0 Å². The van der Waals surface area contributed by atoms with Gasteiger partial charge in [-0.3, -0.25) is 9.59 Å². The lowest BCUT2D eigenvalue weighted by molar-refractivity contribution is -0.121. The maximum atomic E-state index is 12.5. The first-order valence-corrected chi connectivity index (χ1v) is 16.0. The monoisotopic (exact) mass is 593 g/mol. The van der Waals surface area contributed by atoms with E-state index >= 15 is 0 Å². The molecular weight excluding hydrogens is 562 g/mol. The Labute approximate surface area is 245 Å². The van der Waals surface area contributed by atoms with Crippen molar-refractivity contribution < 1.29 is 29.0 Å². The number of carbonyl (C=O) groups is 2. The number of aryl methyl sites for hydroxylation is 1. The van der Waals surface area contributed by atoms with Crippen molar-refractivity contribution in [3.63, 3.8) is 0 Å². The van der Waals surface area contributed by atoms with Gasteiger partial charge in [-0.2, -0.15) is 0 Å². The molecule has 3 N–H and O–H groups in total. The number of ether oxygens (including phenoxy) is 1. The number of carboxylic acids is 1. The fourth-order valence-corrected chi connectivity index (χ4v) is 7.95. The number of phenolic OH excluding ortho intramolecular Hbond substituents is 1. The number of aromatic hydroxyl groups is 1. The molecule has 0 spiro atoms. The summed E-state index contributed by atoms with van der Waals surface area (Å²) in [6, 6.07) is 14.2. The highest BCUT2D eigenvalue weighted by Gasteiger charge is 2.20. The number of benzene rings is 3. The summed E-state index contributed by atoms with van der Waals surface area (Å²) in [6.45, 7) is 1.59. The number of carbonyl (C=O) groups excluding carboxylic acids is 1. The van der Waals surface area contributed by atoms with Crippen molar-refractivity contribution in [2.75, 3.05) is 25.5 Å². The van der Waals surface area contributed by atoms with Gasteiger partial charge in [0.25, 0.3) is 0 Å². The van der Waals surface area contributed by atoms with Crippen LogP contribution in [-0.4, -0.2) is 52.9 Å². The van der Waals surface area contributed by atoms with Crippen LogP contribution in [0.25, 0.3) is 33.4 Å². The van der Waals surface area contributed by atoms with Crippen molar-refractivity contribution in [1.82, 2.24) is 5.32 Å². The van der Waals surface area contributed by atoms with Gasteiger partial charge >= 0.3 is 5.97 Å². The van der Waals surface area contributed by atoms with Crippen molar-refractivity contribution in [1.29, 1.82) is 0 Å². The number of rotatable bonds is 12. The van der Waals surface area contributed by atoms with Crippen LogP contribution < -0.4 is 10.7 Å². The summed E-state index contributed by atoms with van der Waals surface area (Å²) in [5.74, 6) is 0.412. The number of carboxylic acid groups (broad SMARTS) is 1. The third kappa shape index (κ3) is 7.25. The van der Waals surface area contributed by atoms with E-state index in [0.717, 1.165) is 29.2 Å². The van der Waals surface area contributed by atoms with E-state index in [4.69, 9.17) is 9.15 Å². The molecule has 3 aliphatic rings. The zero-order valence-electron chi connectivity index (χ0n) is 22.4. The van der Waals surface area contributed by atoms with Crippen LogP contribution in [0.15, 0.2) is 63.8 Å². The molecule has 1 aliphatic carbocycles. The van der Waals surface area contributed by atoms with Gasteiger partial charge < -0.3 is 24.7 Å². The smallest absolute Gasteiger partial charge is 0.335 e. The van der Waals surface area contributed by atoms with Gasteiger partial charge in [0.15, 0.2) is 5.43 Å². The van der Waals surface area contributed by atoms with Crippen LogP contribution in [0.2, 0.25) is 0 Å².